The van der Waals surface area contributed by atoms with Gasteiger partial charge >= 0.3 is 0 Å². The molecule has 1 aliphatic heterocycles. The third-order valence-corrected chi connectivity index (χ3v) is 4.95. The number of halogens is 1. The molecule has 4 rings (SSSR count). The predicted octanol–water partition coefficient (Wildman–Crippen LogP) is 4.57. The molecule has 0 bridgehead atoms. The molecule has 0 radical (unpaired) electrons. The van der Waals surface area contributed by atoms with Crippen molar-refractivity contribution in [1.82, 2.24) is 5.32 Å². The van der Waals surface area contributed by atoms with Gasteiger partial charge in [-0.15, -0.1) is 0 Å². The Labute approximate surface area is 187 Å². The van der Waals surface area contributed by atoms with Gasteiger partial charge in [-0.2, -0.15) is 5.26 Å². The average Bonchev–Trinajstić information content (AvgIpc) is 3.44. The monoisotopic (exact) mass is 480 g/mol. The second-order valence-corrected chi connectivity index (χ2v) is 7.50. The van der Waals surface area contributed by atoms with Gasteiger partial charge in [0.05, 0.1) is 0 Å². The van der Waals surface area contributed by atoms with Crippen LogP contribution in [0.4, 0.5) is 0 Å². The van der Waals surface area contributed by atoms with Gasteiger partial charge in [-0.1, -0.05) is 22.0 Å². The van der Waals surface area contributed by atoms with Crippen molar-refractivity contribution in [2.24, 2.45) is 0 Å². The zero-order chi connectivity index (χ0) is 21.6. The molecule has 8 heteroatoms. The lowest BCUT2D eigenvalue weighted by molar-refractivity contribution is -0.117. The summed E-state index contributed by atoms with van der Waals surface area (Å²) in [6, 6.07) is 18.2. The first kappa shape index (κ1) is 20.6. The smallest absolute Gasteiger partial charge is 0.262 e. The maximum absolute atomic E-state index is 12.4. The number of furan rings is 1. The molecule has 1 aliphatic rings. The van der Waals surface area contributed by atoms with Crippen LogP contribution in [0.25, 0.3) is 6.08 Å². The van der Waals surface area contributed by atoms with E-state index in [2.05, 4.69) is 21.2 Å². The van der Waals surface area contributed by atoms with E-state index in [1.165, 1.54) is 6.08 Å². The zero-order valence-electron chi connectivity index (χ0n) is 16.3. The minimum absolute atomic E-state index is 0.0597. The topological polar surface area (TPSA) is 93.7 Å². The fraction of sp³-hybridized carbons (Fsp3) is 0.130. The summed E-state index contributed by atoms with van der Waals surface area (Å²) in [5, 5.41) is 12.1. The molecule has 1 N–H and O–H groups in total. The quantitative estimate of drug-likeness (QED) is 0.393. The average molecular weight is 481 g/mol. The van der Waals surface area contributed by atoms with Crippen LogP contribution in [0.2, 0.25) is 0 Å². The first-order chi connectivity index (χ1) is 15.1. The second-order valence-electron chi connectivity index (χ2n) is 6.59. The number of nitrogens with one attached hydrogen (secondary N) is 1. The molecule has 0 fully saturated rings. The van der Waals surface area contributed by atoms with Crippen LogP contribution < -0.4 is 19.5 Å². The molecule has 0 atom stereocenters. The highest BCUT2D eigenvalue weighted by Gasteiger charge is 2.15. The first-order valence-electron chi connectivity index (χ1n) is 9.36. The molecule has 31 heavy (non-hydrogen) atoms. The van der Waals surface area contributed by atoms with Crippen molar-refractivity contribution in [3.05, 3.63) is 81.7 Å². The highest BCUT2D eigenvalue weighted by atomic mass is 79.9. The van der Waals surface area contributed by atoms with Crippen LogP contribution in [0.1, 0.15) is 17.1 Å². The van der Waals surface area contributed by atoms with Gasteiger partial charge in [0.2, 0.25) is 6.79 Å². The molecular formula is C23H17BrN2O5. The molecule has 1 amide bonds. The Hall–Kier alpha value is -3.70. The van der Waals surface area contributed by atoms with Gasteiger partial charge in [0.25, 0.3) is 5.91 Å². The molecule has 2 heterocycles. The number of carbonyl (C=O) groups excluding carboxylic acids is 1. The Morgan fingerprint density at radius 2 is 1.94 bits per heavy atom. The Morgan fingerprint density at radius 1 is 1.13 bits per heavy atom. The molecule has 0 saturated heterocycles. The Morgan fingerprint density at radius 3 is 2.74 bits per heavy atom. The van der Waals surface area contributed by atoms with E-state index in [1.807, 2.05) is 36.4 Å². The Balaban J connectivity index is 1.34. The number of hydrogen-bond acceptors (Lipinski definition) is 6. The van der Waals surface area contributed by atoms with Crippen LogP contribution >= 0.6 is 15.9 Å². The van der Waals surface area contributed by atoms with Crippen LogP contribution in [-0.2, 0) is 17.9 Å². The van der Waals surface area contributed by atoms with Gasteiger partial charge in [0.15, 0.2) is 11.5 Å². The summed E-state index contributed by atoms with van der Waals surface area (Å²) < 4.78 is 22.9. The summed E-state index contributed by atoms with van der Waals surface area (Å²) in [5.41, 5.74) is 0.774. The highest BCUT2D eigenvalue weighted by molar-refractivity contribution is 9.10. The summed E-state index contributed by atoms with van der Waals surface area (Å²) in [6.45, 7) is 0.665. The van der Waals surface area contributed by atoms with Crippen molar-refractivity contribution in [3.8, 4) is 23.3 Å². The lowest BCUT2D eigenvalue weighted by atomic mass is 10.2. The van der Waals surface area contributed by atoms with Crippen molar-refractivity contribution in [2.75, 3.05) is 6.79 Å². The number of ether oxygens (including phenoxy) is 3. The number of hydrogen-bond donors (Lipinski definition) is 1. The summed E-state index contributed by atoms with van der Waals surface area (Å²) >= 11 is 3.37. The number of nitrogens with zero attached hydrogens (tertiary/aromatic N) is 1. The van der Waals surface area contributed by atoms with Crippen LogP contribution in [0, 0.1) is 11.3 Å². The molecule has 0 spiro atoms. The molecule has 2 aromatic carbocycles. The lowest BCUT2D eigenvalue weighted by Gasteiger charge is -2.05. The molecule has 0 aliphatic carbocycles. The van der Waals surface area contributed by atoms with Gasteiger partial charge in [-0.05, 0) is 54.1 Å². The summed E-state index contributed by atoms with van der Waals surface area (Å²) in [7, 11) is 0. The summed E-state index contributed by atoms with van der Waals surface area (Å²) in [6.07, 6.45) is 1.40. The van der Waals surface area contributed by atoms with E-state index >= 15 is 0 Å². The molecule has 156 valence electrons. The molecule has 7 nitrogen and oxygen atoms in total. The maximum Gasteiger partial charge on any atom is 0.262 e. The number of amides is 1. The predicted molar refractivity (Wildman–Crippen MR) is 115 cm³/mol. The lowest BCUT2D eigenvalue weighted by Crippen LogP contribution is -2.23. The van der Waals surface area contributed by atoms with E-state index in [0.29, 0.717) is 28.8 Å². The fourth-order valence-electron chi connectivity index (χ4n) is 2.85. The first-order valence-corrected chi connectivity index (χ1v) is 10.2. The SMILES string of the molecule is N#CC(=Cc1ccc(COc2ccc(Br)cc2)o1)C(=O)NCc1ccc2c(c1)OCO2. The number of nitriles is 1. The third kappa shape index (κ3) is 5.27. The highest BCUT2D eigenvalue weighted by Crippen LogP contribution is 2.32. The molecule has 0 saturated carbocycles. The number of fused-ring (bicyclic) bond motifs is 1. The molecule has 3 aromatic rings. The molecular weight excluding hydrogens is 464 g/mol. The van der Waals surface area contributed by atoms with E-state index in [-0.39, 0.29) is 25.5 Å². The number of benzene rings is 2. The van der Waals surface area contributed by atoms with Crippen molar-refractivity contribution in [1.29, 1.82) is 5.26 Å². The standard InChI is InChI=1S/C23H17BrN2O5/c24-17-2-4-18(5-3-17)28-13-20-7-6-19(31-20)10-16(11-25)23(27)26-12-15-1-8-21-22(9-15)30-14-29-21/h1-10H,12-14H2,(H,26,27). The van der Waals surface area contributed by atoms with Crippen LogP contribution in [0.5, 0.6) is 17.2 Å². The van der Waals surface area contributed by atoms with Gasteiger partial charge < -0.3 is 23.9 Å². The van der Waals surface area contributed by atoms with Crippen molar-refractivity contribution >= 4 is 27.9 Å². The van der Waals surface area contributed by atoms with Crippen LogP contribution in [0.3, 0.4) is 0 Å². The minimum atomic E-state index is -0.496. The van der Waals surface area contributed by atoms with Gasteiger partial charge in [-0.25, -0.2) is 0 Å². The third-order valence-electron chi connectivity index (χ3n) is 4.42. The minimum Gasteiger partial charge on any atom is -0.486 e. The number of rotatable bonds is 7. The largest absolute Gasteiger partial charge is 0.486 e. The van der Waals surface area contributed by atoms with Gasteiger partial charge in [-0.3, -0.25) is 4.79 Å². The van der Waals surface area contributed by atoms with Gasteiger partial charge in [0, 0.05) is 17.1 Å². The van der Waals surface area contributed by atoms with Crippen LogP contribution in [-0.4, -0.2) is 12.7 Å². The van der Waals surface area contributed by atoms with E-state index in [1.54, 1.807) is 24.3 Å². The molecule has 0 unspecified atom stereocenters. The fourth-order valence-corrected chi connectivity index (χ4v) is 3.12. The normalized spacial score (nSPS) is 12.3. The van der Waals surface area contributed by atoms with Crippen LogP contribution in [0.15, 0.2) is 69.1 Å². The Kier molecular flexibility index (Phi) is 6.24. The van der Waals surface area contributed by atoms with Gasteiger partial charge in [0.1, 0.15) is 35.5 Å². The van der Waals surface area contributed by atoms with E-state index in [0.717, 1.165) is 10.0 Å². The Bertz CT molecular complexity index is 1160. The second kappa shape index (κ2) is 9.41. The van der Waals surface area contributed by atoms with Crippen molar-refractivity contribution in [3.63, 3.8) is 0 Å². The zero-order valence-corrected chi connectivity index (χ0v) is 17.8. The van der Waals surface area contributed by atoms with E-state index < -0.39 is 5.91 Å². The molecule has 1 aromatic heterocycles. The maximum atomic E-state index is 12.4. The summed E-state index contributed by atoms with van der Waals surface area (Å²) in [4.78, 5) is 12.4. The number of carbonyl (C=O) groups is 1. The van der Waals surface area contributed by atoms with Crippen molar-refractivity contribution in [2.45, 2.75) is 13.2 Å². The van der Waals surface area contributed by atoms with E-state index in [4.69, 9.17) is 18.6 Å². The van der Waals surface area contributed by atoms with Crippen molar-refractivity contribution < 1.29 is 23.4 Å². The van der Waals surface area contributed by atoms with E-state index in [9.17, 15) is 10.1 Å². The summed E-state index contributed by atoms with van der Waals surface area (Å²) in [5.74, 6) is 2.49.